The third kappa shape index (κ3) is 5.42. The Balaban J connectivity index is 1.38. The molecule has 2 aromatic carbocycles. The molecule has 0 aliphatic heterocycles. The van der Waals surface area contributed by atoms with Crippen LogP contribution in [0.5, 0.6) is 5.75 Å². The van der Waals surface area contributed by atoms with E-state index >= 15 is 0 Å². The van der Waals surface area contributed by atoms with Crippen molar-refractivity contribution >= 4 is 22.6 Å². The number of carbonyl (C=O) groups is 2. The summed E-state index contributed by atoms with van der Waals surface area (Å²) < 4.78 is 5.66. The van der Waals surface area contributed by atoms with Gasteiger partial charge < -0.3 is 10.1 Å². The Morgan fingerprint density at radius 1 is 0.929 bits per heavy atom. The van der Waals surface area contributed by atoms with E-state index in [2.05, 4.69) is 22.1 Å². The minimum atomic E-state index is -0.197. The van der Waals surface area contributed by atoms with Gasteiger partial charge in [-0.3, -0.25) is 14.6 Å². The SMILES string of the molecule is O=C(CCC(=O)c1ccccc1)NCC#CCOc1cccc2cccnc12. The van der Waals surface area contributed by atoms with Gasteiger partial charge in [-0.15, -0.1) is 0 Å². The number of ether oxygens (including phenoxy) is 1. The number of hydrogen-bond acceptors (Lipinski definition) is 4. The van der Waals surface area contributed by atoms with Crippen LogP contribution in [0.15, 0.2) is 66.9 Å². The van der Waals surface area contributed by atoms with E-state index in [1.165, 1.54) is 0 Å². The highest BCUT2D eigenvalue weighted by atomic mass is 16.5. The second-order valence-corrected chi connectivity index (χ2v) is 6.04. The van der Waals surface area contributed by atoms with Crippen molar-refractivity contribution in [2.45, 2.75) is 12.8 Å². The Hall–Kier alpha value is -3.65. The molecule has 3 aromatic rings. The number of fused-ring (bicyclic) bond motifs is 1. The number of carbonyl (C=O) groups excluding carboxylic acids is 2. The first-order chi connectivity index (χ1) is 13.7. The summed E-state index contributed by atoms with van der Waals surface area (Å²) >= 11 is 0. The molecule has 3 rings (SSSR count). The lowest BCUT2D eigenvalue weighted by atomic mass is 10.1. The molecule has 0 saturated carbocycles. The number of para-hydroxylation sites is 1. The zero-order valence-electron chi connectivity index (χ0n) is 15.4. The van der Waals surface area contributed by atoms with Crippen molar-refractivity contribution in [2.75, 3.05) is 13.2 Å². The molecular formula is C23H20N2O3. The first-order valence-corrected chi connectivity index (χ1v) is 9.01. The lowest BCUT2D eigenvalue weighted by Crippen LogP contribution is -2.24. The second-order valence-electron chi connectivity index (χ2n) is 6.04. The van der Waals surface area contributed by atoms with E-state index in [1.54, 1.807) is 30.5 Å². The number of rotatable bonds is 7. The summed E-state index contributed by atoms with van der Waals surface area (Å²) in [7, 11) is 0. The van der Waals surface area contributed by atoms with E-state index in [1.807, 2.05) is 36.4 Å². The van der Waals surface area contributed by atoms with Gasteiger partial charge in [0.1, 0.15) is 17.9 Å². The molecule has 1 heterocycles. The summed E-state index contributed by atoms with van der Waals surface area (Å²) in [4.78, 5) is 28.1. The molecule has 1 N–H and O–H groups in total. The molecule has 5 nitrogen and oxygen atoms in total. The van der Waals surface area contributed by atoms with Crippen LogP contribution in [0.25, 0.3) is 10.9 Å². The van der Waals surface area contributed by atoms with Crippen molar-refractivity contribution in [3.8, 4) is 17.6 Å². The van der Waals surface area contributed by atoms with Crippen molar-refractivity contribution in [1.29, 1.82) is 0 Å². The predicted molar refractivity (Wildman–Crippen MR) is 108 cm³/mol. The molecule has 0 fully saturated rings. The maximum absolute atomic E-state index is 12.0. The average molecular weight is 372 g/mol. The maximum Gasteiger partial charge on any atom is 0.221 e. The molecule has 0 spiro atoms. The smallest absolute Gasteiger partial charge is 0.221 e. The van der Waals surface area contributed by atoms with E-state index in [0.717, 1.165) is 10.9 Å². The molecule has 5 heteroatoms. The van der Waals surface area contributed by atoms with E-state index in [9.17, 15) is 9.59 Å². The van der Waals surface area contributed by atoms with Gasteiger partial charge in [0.05, 0.1) is 6.54 Å². The molecule has 0 saturated heterocycles. The number of aromatic nitrogens is 1. The Morgan fingerprint density at radius 3 is 2.61 bits per heavy atom. The number of hydrogen-bond donors (Lipinski definition) is 1. The second kappa shape index (κ2) is 9.89. The molecule has 0 aliphatic rings. The lowest BCUT2D eigenvalue weighted by molar-refractivity contribution is -0.120. The van der Waals surface area contributed by atoms with Gasteiger partial charge in [0.15, 0.2) is 5.78 Å². The van der Waals surface area contributed by atoms with Crippen LogP contribution in [0.3, 0.4) is 0 Å². The number of benzene rings is 2. The van der Waals surface area contributed by atoms with Crippen LogP contribution in [0.1, 0.15) is 23.2 Å². The van der Waals surface area contributed by atoms with E-state index < -0.39 is 0 Å². The maximum atomic E-state index is 12.0. The molecular weight excluding hydrogens is 352 g/mol. The fourth-order valence-corrected chi connectivity index (χ4v) is 2.65. The highest BCUT2D eigenvalue weighted by molar-refractivity contribution is 5.97. The molecule has 1 aromatic heterocycles. The van der Waals surface area contributed by atoms with Crippen LogP contribution < -0.4 is 10.1 Å². The van der Waals surface area contributed by atoms with Crippen molar-refractivity contribution in [3.05, 3.63) is 72.4 Å². The number of Topliss-reactive ketones (excluding diaryl/α,β-unsaturated/α-hetero) is 1. The molecule has 0 radical (unpaired) electrons. The Labute approximate surface area is 163 Å². The molecule has 0 bridgehead atoms. The molecule has 0 aliphatic carbocycles. The van der Waals surface area contributed by atoms with Gasteiger partial charge in [-0.2, -0.15) is 0 Å². The lowest BCUT2D eigenvalue weighted by Gasteiger charge is -2.05. The molecule has 0 atom stereocenters. The van der Waals surface area contributed by atoms with Gasteiger partial charge in [-0.25, -0.2) is 0 Å². The van der Waals surface area contributed by atoms with E-state index in [0.29, 0.717) is 11.3 Å². The first-order valence-electron chi connectivity index (χ1n) is 9.01. The Morgan fingerprint density at radius 2 is 1.75 bits per heavy atom. The fourth-order valence-electron chi connectivity index (χ4n) is 2.65. The summed E-state index contributed by atoms with van der Waals surface area (Å²) in [5, 5.41) is 3.69. The molecule has 28 heavy (non-hydrogen) atoms. The van der Waals surface area contributed by atoms with Crippen LogP contribution in [0, 0.1) is 11.8 Å². The van der Waals surface area contributed by atoms with Gasteiger partial charge in [0.25, 0.3) is 0 Å². The van der Waals surface area contributed by atoms with Gasteiger partial charge >= 0.3 is 0 Å². The minimum absolute atomic E-state index is 0.0427. The number of pyridine rings is 1. The first kappa shape index (κ1) is 19.1. The summed E-state index contributed by atoms with van der Waals surface area (Å²) in [6.07, 6.45) is 2.05. The van der Waals surface area contributed by atoms with E-state index in [4.69, 9.17) is 4.74 Å². The number of nitrogens with zero attached hydrogens (tertiary/aromatic N) is 1. The summed E-state index contributed by atoms with van der Waals surface area (Å²) in [5.74, 6) is 6.14. The van der Waals surface area contributed by atoms with Crippen molar-refractivity contribution in [3.63, 3.8) is 0 Å². The quantitative estimate of drug-likeness (QED) is 0.510. The molecule has 140 valence electrons. The van der Waals surface area contributed by atoms with Gasteiger partial charge in [0.2, 0.25) is 5.91 Å². The summed E-state index contributed by atoms with van der Waals surface area (Å²) in [6, 6.07) is 18.5. The van der Waals surface area contributed by atoms with Gasteiger partial charge in [-0.05, 0) is 12.1 Å². The van der Waals surface area contributed by atoms with Crippen molar-refractivity contribution in [1.82, 2.24) is 10.3 Å². The molecule has 0 unspecified atom stereocenters. The van der Waals surface area contributed by atoms with Crippen molar-refractivity contribution < 1.29 is 14.3 Å². The van der Waals surface area contributed by atoms with Gasteiger partial charge in [0, 0.05) is 30.0 Å². The largest absolute Gasteiger partial charge is 0.479 e. The highest BCUT2D eigenvalue weighted by Gasteiger charge is 2.08. The number of nitrogens with one attached hydrogen (secondary N) is 1. The van der Waals surface area contributed by atoms with Crippen molar-refractivity contribution in [2.24, 2.45) is 0 Å². The topological polar surface area (TPSA) is 68.3 Å². The number of amides is 1. The van der Waals surface area contributed by atoms with E-state index in [-0.39, 0.29) is 37.7 Å². The highest BCUT2D eigenvalue weighted by Crippen LogP contribution is 2.22. The Kier molecular flexibility index (Phi) is 6.75. The van der Waals surface area contributed by atoms with Crippen LogP contribution >= 0.6 is 0 Å². The third-order valence-corrected chi connectivity index (χ3v) is 4.07. The monoisotopic (exact) mass is 372 g/mol. The average Bonchev–Trinajstić information content (AvgIpc) is 2.75. The Bertz CT molecular complexity index is 1010. The van der Waals surface area contributed by atoms with Gasteiger partial charge in [-0.1, -0.05) is 60.4 Å². The predicted octanol–water partition coefficient (Wildman–Crippen LogP) is 3.40. The minimum Gasteiger partial charge on any atom is -0.479 e. The van der Waals surface area contributed by atoms with Crippen LogP contribution in [-0.2, 0) is 4.79 Å². The zero-order chi connectivity index (χ0) is 19.6. The number of ketones is 1. The summed E-state index contributed by atoms with van der Waals surface area (Å²) in [6.45, 7) is 0.424. The summed E-state index contributed by atoms with van der Waals surface area (Å²) in [5.41, 5.74) is 1.42. The van der Waals surface area contributed by atoms with Crippen LogP contribution in [0.2, 0.25) is 0 Å². The zero-order valence-corrected chi connectivity index (χ0v) is 15.4. The van der Waals surface area contributed by atoms with Crippen LogP contribution in [-0.4, -0.2) is 29.8 Å². The standard InChI is InChI=1S/C23H20N2O3/c26-20(18-8-2-1-3-9-18)13-14-22(27)24-15-4-5-17-28-21-12-6-10-19-11-7-16-25-23(19)21/h1-3,6-12,16H,13-15,17H2,(H,24,27). The third-order valence-electron chi connectivity index (χ3n) is 4.07. The fraction of sp³-hybridized carbons (Fsp3) is 0.174. The molecule has 1 amide bonds. The normalized spacial score (nSPS) is 10.0. The van der Waals surface area contributed by atoms with Crippen LogP contribution in [0.4, 0.5) is 0 Å².